The summed E-state index contributed by atoms with van der Waals surface area (Å²) in [6.07, 6.45) is 0. The van der Waals surface area contributed by atoms with Crippen LogP contribution in [-0.2, 0) is 0 Å². The van der Waals surface area contributed by atoms with Gasteiger partial charge in [-0.25, -0.2) is 0 Å². The molecule has 0 aliphatic carbocycles. The van der Waals surface area contributed by atoms with Crippen molar-refractivity contribution in [2.24, 2.45) is 0 Å². The molecule has 3 aromatic rings. The standard InChI is InChI=1S/C12H12N4/c1-7-4-9(3)12-10(5-7)8(2)6-11-13-14-15-16(11)12/h4-6H,1-3H3. The van der Waals surface area contributed by atoms with Gasteiger partial charge in [-0.1, -0.05) is 11.6 Å². The monoisotopic (exact) mass is 212 g/mol. The van der Waals surface area contributed by atoms with E-state index < -0.39 is 0 Å². The molecule has 0 aliphatic rings. The van der Waals surface area contributed by atoms with Gasteiger partial charge in [-0.3, -0.25) is 0 Å². The van der Waals surface area contributed by atoms with E-state index in [1.54, 1.807) is 4.52 Å². The molecule has 1 aromatic carbocycles. The van der Waals surface area contributed by atoms with Crippen molar-refractivity contribution in [2.45, 2.75) is 20.8 Å². The molecule has 0 N–H and O–H groups in total. The zero-order chi connectivity index (χ0) is 11.3. The molecular formula is C12H12N4. The van der Waals surface area contributed by atoms with E-state index in [9.17, 15) is 0 Å². The number of aryl methyl sites for hydroxylation is 3. The van der Waals surface area contributed by atoms with Gasteiger partial charge in [0.25, 0.3) is 0 Å². The summed E-state index contributed by atoms with van der Waals surface area (Å²) in [7, 11) is 0. The molecule has 0 saturated carbocycles. The van der Waals surface area contributed by atoms with E-state index in [0.29, 0.717) is 0 Å². The van der Waals surface area contributed by atoms with Crippen LogP contribution in [0.1, 0.15) is 16.7 Å². The summed E-state index contributed by atoms with van der Waals surface area (Å²) in [4.78, 5) is 0. The zero-order valence-corrected chi connectivity index (χ0v) is 9.52. The summed E-state index contributed by atoms with van der Waals surface area (Å²) < 4.78 is 1.80. The highest BCUT2D eigenvalue weighted by atomic mass is 15.5. The maximum Gasteiger partial charge on any atom is 0.180 e. The van der Waals surface area contributed by atoms with Gasteiger partial charge in [0.2, 0.25) is 0 Å². The van der Waals surface area contributed by atoms with E-state index >= 15 is 0 Å². The van der Waals surface area contributed by atoms with Crippen molar-refractivity contribution >= 4 is 16.6 Å². The lowest BCUT2D eigenvalue weighted by molar-refractivity contribution is 0.840. The number of hydrogen-bond donors (Lipinski definition) is 0. The molecule has 2 aromatic heterocycles. The number of benzene rings is 1. The van der Waals surface area contributed by atoms with Crippen molar-refractivity contribution < 1.29 is 0 Å². The van der Waals surface area contributed by atoms with Crippen molar-refractivity contribution in [1.29, 1.82) is 0 Å². The highest BCUT2D eigenvalue weighted by Crippen LogP contribution is 2.24. The largest absolute Gasteiger partial charge is 0.193 e. The van der Waals surface area contributed by atoms with E-state index in [0.717, 1.165) is 11.2 Å². The van der Waals surface area contributed by atoms with E-state index in [2.05, 4.69) is 48.4 Å². The van der Waals surface area contributed by atoms with Gasteiger partial charge in [-0.2, -0.15) is 4.52 Å². The summed E-state index contributed by atoms with van der Waals surface area (Å²) in [5.41, 5.74) is 5.59. The number of rotatable bonds is 0. The summed E-state index contributed by atoms with van der Waals surface area (Å²) in [6, 6.07) is 6.35. The molecule has 0 atom stereocenters. The van der Waals surface area contributed by atoms with Crippen LogP contribution in [0.15, 0.2) is 18.2 Å². The average Bonchev–Trinajstić information content (AvgIpc) is 2.65. The lowest BCUT2D eigenvalue weighted by Gasteiger charge is -2.08. The molecule has 3 rings (SSSR count). The van der Waals surface area contributed by atoms with Crippen LogP contribution in [0.3, 0.4) is 0 Å². The van der Waals surface area contributed by atoms with Crippen molar-refractivity contribution in [3.8, 4) is 0 Å². The normalized spacial score (nSPS) is 11.4. The molecule has 4 nitrogen and oxygen atoms in total. The minimum absolute atomic E-state index is 0.803. The fourth-order valence-corrected chi connectivity index (χ4v) is 2.26. The Morgan fingerprint density at radius 2 is 1.81 bits per heavy atom. The van der Waals surface area contributed by atoms with Gasteiger partial charge >= 0.3 is 0 Å². The maximum absolute atomic E-state index is 4.03. The number of hydrogen-bond acceptors (Lipinski definition) is 3. The third-order valence-electron chi connectivity index (χ3n) is 2.92. The van der Waals surface area contributed by atoms with Gasteiger partial charge < -0.3 is 0 Å². The predicted molar refractivity (Wildman–Crippen MR) is 62.5 cm³/mol. The first-order valence-electron chi connectivity index (χ1n) is 5.25. The van der Waals surface area contributed by atoms with Crippen LogP contribution in [0, 0.1) is 20.8 Å². The van der Waals surface area contributed by atoms with Crippen LogP contribution < -0.4 is 0 Å². The lowest BCUT2D eigenvalue weighted by Crippen LogP contribution is -1.96. The van der Waals surface area contributed by atoms with Gasteiger partial charge in [0.1, 0.15) is 0 Å². The molecule has 80 valence electrons. The molecule has 0 bridgehead atoms. The summed E-state index contributed by atoms with van der Waals surface area (Å²) >= 11 is 0. The molecule has 0 amide bonds. The van der Waals surface area contributed by atoms with Crippen molar-refractivity contribution in [2.75, 3.05) is 0 Å². The zero-order valence-electron chi connectivity index (χ0n) is 9.52. The fourth-order valence-electron chi connectivity index (χ4n) is 2.26. The van der Waals surface area contributed by atoms with E-state index in [4.69, 9.17) is 0 Å². The third kappa shape index (κ3) is 1.13. The number of pyridine rings is 1. The first-order valence-corrected chi connectivity index (χ1v) is 5.25. The second-order valence-corrected chi connectivity index (χ2v) is 4.25. The van der Waals surface area contributed by atoms with Crippen LogP contribution in [-0.4, -0.2) is 20.0 Å². The Morgan fingerprint density at radius 3 is 2.62 bits per heavy atom. The second-order valence-electron chi connectivity index (χ2n) is 4.25. The Morgan fingerprint density at radius 1 is 1.00 bits per heavy atom. The predicted octanol–water partition coefficient (Wildman–Crippen LogP) is 2.20. The number of tetrazole rings is 1. The number of nitrogens with zero attached hydrogens (tertiary/aromatic N) is 4. The minimum Gasteiger partial charge on any atom is -0.193 e. The highest BCUT2D eigenvalue weighted by Gasteiger charge is 2.09. The van der Waals surface area contributed by atoms with Gasteiger partial charge in [-0.05, 0) is 54.5 Å². The molecule has 0 aliphatic heterocycles. The Bertz CT molecular complexity index is 697. The molecule has 0 spiro atoms. The van der Waals surface area contributed by atoms with Gasteiger partial charge in [0.15, 0.2) is 5.65 Å². The van der Waals surface area contributed by atoms with Crippen molar-refractivity contribution in [3.63, 3.8) is 0 Å². The van der Waals surface area contributed by atoms with E-state index in [1.165, 1.54) is 22.1 Å². The minimum atomic E-state index is 0.803. The molecule has 2 heterocycles. The second kappa shape index (κ2) is 3.01. The maximum atomic E-state index is 4.03. The fraction of sp³-hybridized carbons (Fsp3) is 0.250. The topological polar surface area (TPSA) is 43.1 Å². The molecule has 0 saturated heterocycles. The van der Waals surface area contributed by atoms with E-state index in [1.807, 2.05) is 6.07 Å². The Labute approximate surface area is 92.9 Å². The number of fused-ring (bicyclic) bond motifs is 3. The van der Waals surface area contributed by atoms with Gasteiger partial charge in [-0.15, -0.1) is 5.10 Å². The molecular weight excluding hydrogens is 200 g/mol. The molecule has 0 fully saturated rings. The first-order chi connectivity index (χ1) is 7.66. The van der Waals surface area contributed by atoms with Crippen LogP contribution in [0.5, 0.6) is 0 Å². The first kappa shape index (κ1) is 9.27. The van der Waals surface area contributed by atoms with Crippen LogP contribution in [0.2, 0.25) is 0 Å². The van der Waals surface area contributed by atoms with Gasteiger partial charge in [0, 0.05) is 5.39 Å². The average molecular weight is 212 g/mol. The Balaban J connectivity index is 2.66. The quantitative estimate of drug-likeness (QED) is 0.573. The smallest absolute Gasteiger partial charge is 0.180 e. The molecule has 0 radical (unpaired) electrons. The molecule has 16 heavy (non-hydrogen) atoms. The van der Waals surface area contributed by atoms with Crippen molar-refractivity contribution in [1.82, 2.24) is 20.0 Å². The summed E-state index contributed by atoms with van der Waals surface area (Å²) in [5, 5.41) is 13.0. The van der Waals surface area contributed by atoms with Gasteiger partial charge in [0.05, 0.1) is 5.52 Å². The Kier molecular flexibility index (Phi) is 1.74. The van der Waals surface area contributed by atoms with Crippen molar-refractivity contribution in [3.05, 3.63) is 34.9 Å². The lowest BCUT2D eigenvalue weighted by atomic mass is 10.0. The highest BCUT2D eigenvalue weighted by molar-refractivity contribution is 5.88. The molecule has 4 heteroatoms. The Hall–Kier alpha value is -1.97. The summed E-state index contributed by atoms with van der Waals surface area (Å²) in [5.74, 6) is 0. The van der Waals surface area contributed by atoms with Crippen LogP contribution in [0.4, 0.5) is 0 Å². The third-order valence-corrected chi connectivity index (χ3v) is 2.92. The molecule has 0 unspecified atom stereocenters. The van der Waals surface area contributed by atoms with E-state index in [-0.39, 0.29) is 0 Å². The summed E-state index contributed by atoms with van der Waals surface area (Å²) in [6.45, 7) is 6.29. The SMILES string of the molecule is Cc1cc(C)c2c(c1)c(C)cc1nnnn12. The van der Waals surface area contributed by atoms with Crippen LogP contribution >= 0.6 is 0 Å². The van der Waals surface area contributed by atoms with Crippen LogP contribution in [0.25, 0.3) is 16.6 Å². The number of aromatic nitrogens is 4.